The van der Waals surface area contributed by atoms with Crippen LogP contribution in [0.3, 0.4) is 0 Å². The first-order chi connectivity index (χ1) is 13.8. The largest absolute Gasteiger partial charge is 0.321 e. The van der Waals surface area contributed by atoms with E-state index in [1.807, 2.05) is 18.4 Å². The lowest BCUT2D eigenvalue weighted by atomic mass is 10.2. The third-order valence-electron chi connectivity index (χ3n) is 4.66. The highest BCUT2D eigenvalue weighted by atomic mass is 79.9. The van der Waals surface area contributed by atoms with E-state index in [1.54, 1.807) is 22.9 Å². The van der Waals surface area contributed by atoms with Crippen LogP contribution in [-0.4, -0.2) is 19.3 Å². The van der Waals surface area contributed by atoms with Gasteiger partial charge in [-0.05, 0) is 36.8 Å². The molecule has 2 aromatic carbocycles. The zero-order chi connectivity index (χ0) is 20.9. The minimum Gasteiger partial charge on any atom is -0.321 e. The van der Waals surface area contributed by atoms with Crippen molar-refractivity contribution in [1.29, 1.82) is 0 Å². The van der Waals surface area contributed by atoms with Crippen molar-refractivity contribution in [1.82, 2.24) is 19.3 Å². The predicted molar refractivity (Wildman–Crippen MR) is 114 cm³/mol. The zero-order valence-electron chi connectivity index (χ0n) is 15.5. The Kier molecular flexibility index (Phi) is 5.40. The van der Waals surface area contributed by atoms with Gasteiger partial charge in [-0.15, -0.1) is 0 Å². The van der Waals surface area contributed by atoms with Crippen molar-refractivity contribution in [3.63, 3.8) is 0 Å². The SMILES string of the molecule is CCc1nc2c(c(C)nn2-c2c(Cl)cc(Br)cc2Cl)n1Cc1ccc(F)c(F)c1. The number of benzene rings is 2. The highest BCUT2D eigenvalue weighted by Gasteiger charge is 2.22. The van der Waals surface area contributed by atoms with Gasteiger partial charge in [0.05, 0.1) is 15.7 Å². The van der Waals surface area contributed by atoms with Crippen LogP contribution >= 0.6 is 39.1 Å². The van der Waals surface area contributed by atoms with Crippen LogP contribution in [-0.2, 0) is 13.0 Å². The average Bonchev–Trinajstić information content (AvgIpc) is 3.16. The fourth-order valence-electron chi connectivity index (χ4n) is 3.39. The smallest absolute Gasteiger partial charge is 0.181 e. The number of hydrogen-bond acceptors (Lipinski definition) is 2. The number of fused-ring (bicyclic) bond motifs is 1. The molecular formula is C20H15BrCl2F2N4. The molecule has 4 aromatic rings. The second-order valence-electron chi connectivity index (χ2n) is 6.60. The molecule has 2 aromatic heterocycles. The van der Waals surface area contributed by atoms with Gasteiger partial charge in [0.1, 0.15) is 17.0 Å². The molecule has 0 unspecified atom stereocenters. The molecule has 0 spiro atoms. The van der Waals surface area contributed by atoms with Crippen molar-refractivity contribution in [3.8, 4) is 5.69 Å². The van der Waals surface area contributed by atoms with E-state index in [0.717, 1.165) is 27.6 Å². The van der Waals surface area contributed by atoms with Gasteiger partial charge in [0.15, 0.2) is 17.3 Å². The minimum absolute atomic E-state index is 0.339. The molecule has 0 N–H and O–H groups in total. The third kappa shape index (κ3) is 3.56. The second kappa shape index (κ2) is 7.70. The molecule has 0 amide bonds. The monoisotopic (exact) mass is 498 g/mol. The standard InChI is InChI=1S/C20H15BrCl2F2N4/c1-3-17-26-20-18(28(17)9-11-4-5-15(24)16(25)6-11)10(2)27-29(20)19-13(22)7-12(21)8-14(19)23/h4-8H,3,9H2,1-2H3. The van der Waals surface area contributed by atoms with Gasteiger partial charge in [-0.25, -0.2) is 18.4 Å². The van der Waals surface area contributed by atoms with Crippen LogP contribution < -0.4 is 0 Å². The summed E-state index contributed by atoms with van der Waals surface area (Å²) in [4.78, 5) is 4.74. The van der Waals surface area contributed by atoms with E-state index >= 15 is 0 Å². The maximum absolute atomic E-state index is 13.7. The first kappa shape index (κ1) is 20.3. The molecule has 4 rings (SSSR count). The Morgan fingerprint density at radius 3 is 2.38 bits per heavy atom. The van der Waals surface area contributed by atoms with Crippen molar-refractivity contribution in [3.05, 3.63) is 73.6 Å². The van der Waals surface area contributed by atoms with Gasteiger partial charge in [-0.2, -0.15) is 5.10 Å². The van der Waals surface area contributed by atoms with Gasteiger partial charge in [-0.1, -0.05) is 52.1 Å². The number of imidazole rings is 1. The predicted octanol–water partition coefficient (Wildman–Crippen LogP) is 6.49. The van der Waals surface area contributed by atoms with Crippen molar-refractivity contribution in [2.45, 2.75) is 26.8 Å². The Bertz CT molecular complexity index is 1230. The number of aryl methyl sites for hydroxylation is 2. The van der Waals surface area contributed by atoms with Gasteiger partial charge in [0, 0.05) is 17.4 Å². The summed E-state index contributed by atoms with van der Waals surface area (Å²) in [6.07, 6.45) is 0.652. The highest BCUT2D eigenvalue weighted by molar-refractivity contribution is 9.10. The molecule has 0 aliphatic carbocycles. The van der Waals surface area contributed by atoms with E-state index in [0.29, 0.717) is 39.9 Å². The van der Waals surface area contributed by atoms with E-state index in [4.69, 9.17) is 28.2 Å². The third-order valence-corrected chi connectivity index (χ3v) is 5.69. The summed E-state index contributed by atoms with van der Waals surface area (Å²) in [5, 5.41) is 5.46. The van der Waals surface area contributed by atoms with Crippen LogP contribution in [0, 0.1) is 18.6 Å². The van der Waals surface area contributed by atoms with E-state index < -0.39 is 11.6 Å². The van der Waals surface area contributed by atoms with Crippen molar-refractivity contribution < 1.29 is 8.78 Å². The molecule has 0 radical (unpaired) electrons. The number of halogens is 5. The lowest BCUT2D eigenvalue weighted by molar-refractivity contribution is 0.506. The molecule has 2 heterocycles. The molecule has 150 valence electrons. The molecule has 0 fully saturated rings. The fraction of sp³-hybridized carbons (Fsp3) is 0.200. The Labute approximate surface area is 184 Å². The van der Waals surface area contributed by atoms with E-state index in [1.165, 1.54) is 6.07 Å². The summed E-state index contributed by atoms with van der Waals surface area (Å²) in [6, 6.07) is 7.37. The van der Waals surface area contributed by atoms with Gasteiger partial charge in [0.2, 0.25) is 0 Å². The summed E-state index contributed by atoms with van der Waals surface area (Å²) >= 11 is 16.2. The normalized spacial score (nSPS) is 11.6. The number of hydrogen-bond donors (Lipinski definition) is 0. The van der Waals surface area contributed by atoms with Gasteiger partial charge in [0.25, 0.3) is 0 Å². The summed E-state index contributed by atoms with van der Waals surface area (Å²) in [6.45, 7) is 4.18. The lowest BCUT2D eigenvalue weighted by Gasteiger charge is -2.09. The van der Waals surface area contributed by atoms with Crippen molar-refractivity contribution >= 4 is 50.3 Å². The van der Waals surface area contributed by atoms with E-state index in [2.05, 4.69) is 21.0 Å². The van der Waals surface area contributed by atoms with Crippen LogP contribution in [0.5, 0.6) is 0 Å². The highest BCUT2D eigenvalue weighted by Crippen LogP contribution is 2.35. The van der Waals surface area contributed by atoms with Crippen molar-refractivity contribution in [2.75, 3.05) is 0 Å². The molecule has 0 saturated heterocycles. The van der Waals surface area contributed by atoms with Crippen LogP contribution in [0.15, 0.2) is 34.8 Å². The molecule has 9 heteroatoms. The fourth-order valence-corrected chi connectivity index (χ4v) is 4.76. The van der Waals surface area contributed by atoms with Gasteiger partial charge in [-0.3, -0.25) is 0 Å². The van der Waals surface area contributed by atoms with Crippen LogP contribution in [0.1, 0.15) is 24.0 Å². The topological polar surface area (TPSA) is 35.6 Å². The maximum atomic E-state index is 13.7. The molecular weight excluding hydrogens is 485 g/mol. The number of nitrogens with zero attached hydrogens (tertiary/aromatic N) is 4. The Hall–Kier alpha value is -1.96. The van der Waals surface area contributed by atoms with Crippen LogP contribution in [0.4, 0.5) is 8.78 Å². The van der Waals surface area contributed by atoms with Gasteiger partial charge < -0.3 is 4.57 Å². The molecule has 0 atom stereocenters. The van der Waals surface area contributed by atoms with Crippen LogP contribution in [0.25, 0.3) is 16.9 Å². The minimum atomic E-state index is -0.877. The van der Waals surface area contributed by atoms with E-state index in [9.17, 15) is 8.78 Å². The Morgan fingerprint density at radius 2 is 1.76 bits per heavy atom. The summed E-state index contributed by atoms with van der Waals surface area (Å²) < 4.78 is 31.3. The summed E-state index contributed by atoms with van der Waals surface area (Å²) in [5.74, 6) is -0.954. The zero-order valence-corrected chi connectivity index (χ0v) is 18.6. The maximum Gasteiger partial charge on any atom is 0.181 e. The second-order valence-corrected chi connectivity index (χ2v) is 8.33. The molecule has 0 aliphatic rings. The Morgan fingerprint density at radius 1 is 1.07 bits per heavy atom. The molecule has 0 saturated carbocycles. The first-order valence-electron chi connectivity index (χ1n) is 8.83. The lowest BCUT2D eigenvalue weighted by Crippen LogP contribution is -2.06. The quantitative estimate of drug-likeness (QED) is 0.321. The van der Waals surface area contributed by atoms with Crippen molar-refractivity contribution in [2.24, 2.45) is 0 Å². The van der Waals surface area contributed by atoms with Gasteiger partial charge >= 0.3 is 0 Å². The number of aromatic nitrogens is 4. The Balaban J connectivity index is 1.91. The summed E-state index contributed by atoms with van der Waals surface area (Å²) in [7, 11) is 0. The molecule has 0 aliphatic heterocycles. The first-order valence-corrected chi connectivity index (χ1v) is 10.4. The van der Waals surface area contributed by atoms with Crippen LogP contribution in [0.2, 0.25) is 10.0 Å². The average molecular weight is 500 g/mol. The molecule has 4 nitrogen and oxygen atoms in total. The molecule has 29 heavy (non-hydrogen) atoms. The molecule has 0 bridgehead atoms. The van der Waals surface area contributed by atoms with E-state index in [-0.39, 0.29) is 0 Å². The number of rotatable bonds is 4. The summed E-state index contributed by atoms with van der Waals surface area (Å²) in [5.41, 5.74) is 3.29.